The third kappa shape index (κ3) is 4.31. The molecule has 2 aromatic carbocycles. The molecule has 7 heteroatoms. The third-order valence-electron chi connectivity index (χ3n) is 3.97. The Kier molecular flexibility index (Phi) is 5.51. The Balaban J connectivity index is 2.00. The second-order valence-electron chi connectivity index (χ2n) is 5.97. The van der Waals surface area contributed by atoms with E-state index < -0.39 is 9.84 Å². The van der Waals surface area contributed by atoms with Crippen molar-refractivity contribution in [2.75, 3.05) is 24.8 Å². The van der Waals surface area contributed by atoms with Gasteiger partial charge in [-0.1, -0.05) is 0 Å². The fourth-order valence-electron chi connectivity index (χ4n) is 2.74. The maximum absolute atomic E-state index is 11.6. The van der Waals surface area contributed by atoms with Gasteiger partial charge in [-0.15, -0.1) is 0 Å². The molecular weight excluding hydrogens is 364 g/mol. The van der Waals surface area contributed by atoms with E-state index in [-0.39, 0.29) is 4.90 Å². The molecule has 6 nitrogen and oxygen atoms in total. The number of anilines is 2. The van der Waals surface area contributed by atoms with E-state index in [0.29, 0.717) is 30.5 Å². The van der Waals surface area contributed by atoms with Crippen LogP contribution in [0.5, 0.6) is 11.5 Å². The van der Waals surface area contributed by atoms with Gasteiger partial charge >= 0.3 is 0 Å². The number of hydrogen-bond donors (Lipinski definition) is 1. The number of aromatic nitrogens is 1. The van der Waals surface area contributed by atoms with Gasteiger partial charge in [0, 0.05) is 23.5 Å². The van der Waals surface area contributed by atoms with E-state index in [9.17, 15) is 8.42 Å². The fraction of sp³-hybridized carbons (Fsp3) is 0.250. The highest BCUT2D eigenvalue weighted by atomic mass is 32.2. The van der Waals surface area contributed by atoms with Crippen molar-refractivity contribution in [3.63, 3.8) is 0 Å². The lowest BCUT2D eigenvalue weighted by Gasteiger charge is -2.14. The molecule has 1 heterocycles. The number of hydrogen-bond acceptors (Lipinski definition) is 6. The minimum atomic E-state index is -3.22. The number of sulfone groups is 1. The monoisotopic (exact) mass is 386 g/mol. The molecule has 0 radical (unpaired) electrons. The van der Waals surface area contributed by atoms with Gasteiger partial charge < -0.3 is 14.8 Å². The minimum absolute atomic E-state index is 0.277. The second kappa shape index (κ2) is 7.84. The summed E-state index contributed by atoms with van der Waals surface area (Å²) in [5, 5.41) is 5.09. The quantitative estimate of drug-likeness (QED) is 0.656. The van der Waals surface area contributed by atoms with E-state index in [1.165, 1.54) is 6.26 Å². The van der Waals surface area contributed by atoms with Crippen molar-refractivity contribution in [1.82, 2.24) is 4.98 Å². The molecule has 0 atom stereocenters. The zero-order chi connectivity index (χ0) is 19.4. The van der Waals surface area contributed by atoms with Crippen LogP contribution in [0.4, 0.5) is 11.5 Å². The molecule has 0 aliphatic heterocycles. The zero-order valence-electron chi connectivity index (χ0n) is 15.5. The van der Waals surface area contributed by atoms with Crippen LogP contribution < -0.4 is 14.8 Å². The first-order valence-corrected chi connectivity index (χ1v) is 10.6. The Labute approximate surface area is 159 Å². The van der Waals surface area contributed by atoms with Gasteiger partial charge in [0.25, 0.3) is 0 Å². The average Bonchev–Trinajstić information content (AvgIpc) is 2.63. The van der Waals surface area contributed by atoms with Crippen molar-refractivity contribution in [2.24, 2.45) is 0 Å². The van der Waals surface area contributed by atoms with Crippen LogP contribution in [0.15, 0.2) is 53.6 Å². The predicted molar refractivity (Wildman–Crippen MR) is 107 cm³/mol. The van der Waals surface area contributed by atoms with Crippen molar-refractivity contribution in [2.45, 2.75) is 18.7 Å². The Bertz CT molecular complexity index is 1050. The second-order valence-corrected chi connectivity index (χ2v) is 7.98. The Morgan fingerprint density at radius 2 is 1.59 bits per heavy atom. The molecule has 0 fully saturated rings. The molecule has 1 N–H and O–H groups in total. The number of rotatable bonds is 7. The normalized spacial score (nSPS) is 11.4. The number of nitrogens with one attached hydrogen (secondary N) is 1. The standard InChI is InChI=1S/C20H22N2O4S/c1-4-25-18-12-14-10-11-21-20(17(14)13-19(18)26-5-2)22-15-6-8-16(9-7-15)27(3,23)24/h6-13H,4-5H2,1-3H3,(H,21,22). The largest absolute Gasteiger partial charge is 0.490 e. The van der Waals surface area contributed by atoms with Crippen LogP contribution in [-0.4, -0.2) is 32.9 Å². The summed E-state index contributed by atoms with van der Waals surface area (Å²) in [5.41, 5.74) is 0.745. The lowest BCUT2D eigenvalue weighted by atomic mass is 10.1. The molecule has 3 aromatic rings. The van der Waals surface area contributed by atoms with Crippen molar-refractivity contribution < 1.29 is 17.9 Å². The first-order valence-electron chi connectivity index (χ1n) is 8.68. The number of fused-ring (bicyclic) bond motifs is 1. The highest BCUT2D eigenvalue weighted by Gasteiger charge is 2.12. The van der Waals surface area contributed by atoms with Gasteiger partial charge in [-0.3, -0.25) is 0 Å². The predicted octanol–water partition coefficient (Wildman–Crippen LogP) is 4.18. The SMILES string of the molecule is CCOc1cc2ccnc(Nc3ccc(S(C)(=O)=O)cc3)c2cc1OCC. The average molecular weight is 386 g/mol. The molecule has 0 aliphatic rings. The molecule has 3 rings (SSSR count). The number of pyridine rings is 1. The molecule has 142 valence electrons. The highest BCUT2D eigenvalue weighted by Crippen LogP contribution is 2.35. The van der Waals surface area contributed by atoms with Gasteiger partial charge in [-0.2, -0.15) is 0 Å². The Hall–Kier alpha value is -2.80. The maximum atomic E-state index is 11.6. The van der Waals surface area contributed by atoms with E-state index in [4.69, 9.17) is 9.47 Å². The van der Waals surface area contributed by atoms with Crippen LogP contribution in [-0.2, 0) is 9.84 Å². The van der Waals surface area contributed by atoms with Gasteiger partial charge in [0.2, 0.25) is 0 Å². The summed E-state index contributed by atoms with van der Waals surface area (Å²) < 4.78 is 34.6. The molecule has 1 aromatic heterocycles. The third-order valence-corrected chi connectivity index (χ3v) is 5.10. The van der Waals surface area contributed by atoms with Gasteiger partial charge in [0.15, 0.2) is 21.3 Å². The highest BCUT2D eigenvalue weighted by molar-refractivity contribution is 7.90. The number of benzene rings is 2. The summed E-state index contributed by atoms with van der Waals surface area (Å²) in [7, 11) is -3.22. The van der Waals surface area contributed by atoms with Crippen LogP contribution >= 0.6 is 0 Å². The van der Waals surface area contributed by atoms with Crippen molar-refractivity contribution in [1.29, 1.82) is 0 Å². The molecule has 27 heavy (non-hydrogen) atoms. The van der Waals surface area contributed by atoms with E-state index in [0.717, 1.165) is 16.5 Å². The molecule has 0 bridgehead atoms. The fourth-order valence-corrected chi connectivity index (χ4v) is 3.37. The first kappa shape index (κ1) is 19.0. The van der Waals surface area contributed by atoms with Crippen LogP contribution in [0, 0.1) is 0 Å². The lowest BCUT2D eigenvalue weighted by Crippen LogP contribution is -2.00. The van der Waals surface area contributed by atoms with Crippen LogP contribution in [0.3, 0.4) is 0 Å². The molecule has 0 unspecified atom stereocenters. The summed E-state index contributed by atoms with van der Waals surface area (Å²) in [6.45, 7) is 4.93. The van der Waals surface area contributed by atoms with Gasteiger partial charge in [-0.25, -0.2) is 13.4 Å². The minimum Gasteiger partial charge on any atom is -0.490 e. The number of ether oxygens (including phenoxy) is 2. The Morgan fingerprint density at radius 3 is 2.19 bits per heavy atom. The van der Waals surface area contributed by atoms with E-state index in [1.807, 2.05) is 32.0 Å². The van der Waals surface area contributed by atoms with Gasteiger partial charge in [-0.05, 0) is 61.7 Å². The zero-order valence-corrected chi connectivity index (χ0v) is 16.3. The maximum Gasteiger partial charge on any atom is 0.175 e. The molecular formula is C20H22N2O4S. The molecule has 0 aliphatic carbocycles. The molecule has 0 amide bonds. The number of nitrogens with zero attached hydrogens (tertiary/aromatic N) is 1. The summed E-state index contributed by atoms with van der Waals surface area (Å²) in [5.74, 6) is 2.01. The summed E-state index contributed by atoms with van der Waals surface area (Å²) in [6, 6.07) is 12.3. The molecule has 0 saturated carbocycles. The van der Waals surface area contributed by atoms with E-state index >= 15 is 0 Å². The summed E-state index contributed by atoms with van der Waals surface area (Å²) >= 11 is 0. The van der Waals surface area contributed by atoms with E-state index in [2.05, 4.69) is 10.3 Å². The summed E-state index contributed by atoms with van der Waals surface area (Å²) in [4.78, 5) is 4.70. The van der Waals surface area contributed by atoms with Crippen LogP contribution in [0.1, 0.15) is 13.8 Å². The van der Waals surface area contributed by atoms with Gasteiger partial charge in [0.1, 0.15) is 5.82 Å². The first-order chi connectivity index (χ1) is 12.9. The smallest absolute Gasteiger partial charge is 0.175 e. The summed E-state index contributed by atoms with van der Waals surface area (Å²) in [6.07, 6.45) is 2.90. The Morgan fingerprint density at radius 1 is 0.963 bits per heavy atom. The van der Waals surface area contributed by atoms with Crippen molar-refractivity contribution in [3.05, 3.63) is 48.7 Å². The topological polar surface area (TPSA) is 77.5 Å². The van der Waals surface area contributed by atoms with Gasteiger partial charge in [0.05, 0.1) is 18.1 Å². The molecule has 0 spiro atoms. The van der Waals surface area contributed by atoms with Crippen molar-refractivity contribution >= 4 is 32.1 Å². The molecule has 0 saturated heterocycles. The van der Waals surface area contributed by atoms with Crippen molar-refractivity contribution in [3.8, 4) is 11.5 Å². The van der Waals surface area contributed by atoms with Crippen LogP contribution in [0.25, 0.3) is 10.8 Å². The van der Waals surface area contributed by atoms with Crippen LogP contribution in [0.2, 0.25) is 0 Å². The lowest BCUT2D eigenvalue weighted by molar-refractivity contribution is 0.288. The van der Waals surface area contributed by atoms with E-state index in [1.54, 1.807) is 30.5 Å².